The van der Waals surface area contributed by atoms with Crippen LogP contribution in [0.1, 0.15) is 11.1 Å². The molecule has 1 aromatic heterocycles. The molecular weight excluding hydrogens is 325 g/mol. The van der Waals surface area contributed by atoms with E-state index in [-0.39, 0.29) is 23.4 Å². The predicted molar refractivity (Wildman–Crippen MR) is 81.5 cm³/mol. The molecule has 0 spiro atoms. The maximum atomic E-state index is 13.0. The number of alkyl halides is 3. The first-order chi connectivity index (χ1) is 11.3. The van der Waals surface area contributed by atoms with Crippen molar-refractivity contribution < 1.29 is 18.1 Å². The molecule has 2 N–H and O–H groups in total. The van der Waals surface area contributed by atoms with Gasteiger partial charge in [-0.2, -0.15) is 18.3 Å². The molecule has 124 valence electrons. The molecule has 0 saturated heterocycles. The molecule has 0 atom stereocenters. The summed E-state index contributed by atoms with van der Waals surface area (Å²) in [6.45, 7) is 0.222. The molecule has 0 aliphatic rings. The number of hydrogen-bond acceptors (Lipinski definition) is 4. The lowest BCUT2D eigenvalue weighted by Gasteiger charge is -2.12. The van der Waals surface area contributed by atoms with Gasteiger partial charge in [-0.05, 0) is 17.7 Å². The summed E-state index contributed by atoms with van der Waals surface area (Å²) < 4.78 is 38.9. The number of fused-ring (bicyclic) bond motifs is 1. The number of non-ortho nitro benzene ring substituents is 1. The van der Waals surface area contributed by atoms with Crippen molar-refractivity contribution in [1.29, 1.82) is 0 Å². The number of nitro benzene ring substituents is 1. The fourth-order valence-corrected chi connectivity index (χ4v) is 2.29. The molecule has 0 fully saturated rings. The van der Waals surface area contributed by atoms with E-state index < -0.39 is 16.7 Å². The molecule has 0 amide bonds. The first-order valence-corrected chi connectivity index (χ1v) is 6.86. The molecule has 9 heteroatoms. The molecule has 0 radical (unpaired) electrons. The van der Waals surface area contributed by atoms with Gasteiger partial charge in [-0.3, -0.25) is 15.2 Å². The van der Waals surface area contributed by atoms with Gasteiger partial charge in [0.05, 0.1) is 22.2 Å². The van der Waals surface area contributed by atoms with Gasteiger partial charge in [0, 0.05) is 29.8 Å². The van der Waals surface area contributed by atoms with Gasteiger partial charge in [0.15, 0.2) is 0 Å². The molecule has 6 nitrogen and oxygen atoms in total. The molecule has 0 saturated carbocycles. The van der Waals surface area contributed by atoms with E-state index in [0.29, 0.717) is 10.9 Å². The maximum absolute atomic E-state index is 13.0. The Morgan fingerprint density at radius 2 is 1.92 bits per heavy atom. The van der Waals surface area contributed by atoms with Crippen molar-refractivity contribution in [3.05, 3.63) is 63.8 Å². The zero-order chi connectivity index (χ0) is 17.3. The van der Waals surface area contributed by atoms with Crippen LogP contribution in [0.4, 0.5) is 24.5 Å². The lowest BCUT2D eigenvalue weighted by Crippen LogP contribution is -2.07. The van der Waals surface area contributed by atoms with Crippen molar-refractivity contribution in [3.8, 4) is 0 Å². The first kappa shape index (κ1) is 15.8. The Labute approximate surface area is 133 Å². The zero-order valence-corrected chi connectivity index (χ0v) is 12.1. The predicted octanol–water partition coefficient (Wildman–Crippen LogP) is 4.10. The van der Waals surface area contributed by atoms with Crippen LogP contribution in [0.25, 0.3) is 10.9 Å². The number of nitrogens with one attached hydrogen (secondary N) is 2. The Morgan fingerprint density at radius 3 is 2.54 bits per heavy atom. The minimum atomic E-state index is -4.47. The first-order valence-electron chi connectivity index (χ1n) is 6.86. The largest absolute Gasteiger partial charge is 0.416 e. The zero-order valence-electron chi connectivity index (χ0n) is 12.1. The van der Waals surface area contributed by atoms with Crippen LogP contribution in [-0.2, 0) is 12.7 Å². The summed E-state index contributed by atoms with van der Waals surface area (Å²) in [5, 5.41) is 20.4. The third-order valence-corrected chi connectivity index (χ3v) is 3.52. The number of nitro groups is 1. The van der Waals surface area contributed by atoms with E-state index in [4.69, 9.17) is 0 Å². The van der Waals surface area contributed by atoms with E-state index in [1.165, 1.54) is 18.3 Å². The molecule has 1 heterocycles. The van der Waals surface area contributed by atoms with Crippen molar-refractivity contribution in [2.45, 2.75) is 12.7 Å². The van der Waals surface area contributed by atoms with E-state index in [9.17, 15) is 23.3 Å². The van der Waals surface area contributed by atoms with Crippen LogP contribution in [0.5, 0.6) is 0 Å². The smallest absolute Gasteiger partial charge is 0.380 e. The molecule has 2 aromatic carbocycles. The highest BCUT2D eigenvalue weighted by molar-refractivity contribution is 5.91. The van der Waals surface area contributed by atoms with Gasteiger partial charge in [0.25, 0.3) is 5.69 Å². The number of anilines is 1. The highest BCUT2D eigenvalue weighted by Gasteiger charge is 2.31. The van der Waals surface area contributed by atoms with Crippen LogP contribution in [0, 0.1) is 10.1 Å². The molecule has 3 rings (SSSR count). The topological polar surface area (TPSA) is 83.9 Å². The van der Waals surface area contributed by atoms with E-state index in [1.54, 1.807) is 12.1 Å². The van der Waals surface area contributed by atoms with E-state index in [0.717, 1.165) is 12.1 Å². The van der Waals surface area contributed by atoms with E-state index >= 15 is 0 Å². The van der Waals surface area contributed by atoms with Gasteiger partial charge >= 0.3 is 6.18 Å². The second kappa shape index (κ2) is 5.84. The van der Waals surface area contributed by atoms with Crippen LogP contribution >= 0.6 is 0 Å². The summed E-state index contributed by atoms with van der Waals surface area (Å²) in [6.07, 6.45) is -3.03. The number of aromatic nitrogens is 2. The number of aromatic amines is 1. The number of hydrogen-bond donors (Lipinski definition) is 2. The fourth-order valence-electron chi connectivity index (χ4n) is 2.29. The Hall–Kier alpha value is -3.10. The van der Waals surface area contributed by atoms with Crippen molar-refractivity contribution in [2.75, 3.05) is 5.32 Å². The quantitative estimate of drug-likeness (QED) is 0.555. The second-order valence-electron chi connectivity index (χ2n) is 5.13. The standard InChI is InChI=1S/C15H11F3N4O2/c16-15(17,18)10-5-13(12-8-20-21-14(12)6-10)19-7-9-1-3-11(4-2-9)22(23)24/h1-6,8,19H,7H2,(H,20,21). The maximum Gasteiger partial charge on any atom is 0.416 e. The monoisotopic (exact) mass is 336 g/mol. The average Bonchev–Trinajstić information content (AvgIpc) is 3.00. The molecule has 0 unspecified atom stereocenters. The average molecular weight is 336 g/mol. The molecule has 0 aliphatic heterocycles. The highest BCUT2D eigenvalue weighted by Crippen LogP contribution is 2.34. The van der Waals surface area contributed by atoms with Crippen LogP contribution in [0.15, 0.2) is 42.6 Å². The number of rotatable bonds is 4. The molecule has 24 heavy (non-hydrogen) atoms. The third-order valence-electron chi connectivity index (χ3n) is 3.52. The van der Waals surface area contributed by atoms with E-state index in [1.807, 2.05) is 0 Å². The number of nitrogens with zero attached hydrogens (tertiary/aromatic N) is 2. The number of H-pyrrole nitrogens is 1. The van der Waals surface area contributed by atoms with Gasteiger partial charge < -0.3 is 5.32 Å². The summed E-state index contributed by atoms with van der Waals surface area (Å²) in [7, 11) is 0. The van der Waals surface area contributed by atoms with Crippen molar-refractivity contribution in [1.82, 2.24) is 10.2 Å². The third kappa shape index (κ3) is 3.14. The summed E-state index contributed by atoms with van der Waals surface area (Å²) in [4.78, 5) is 10.1. The SMILES string of the molecule is O=[N+]([O-])c1ccc(CNc2cc(C(F)(F)F)cc3[nH]ncc23)cc1. The summed E-state index contributed by atoms with van der Waals surface area (Å²) >= 11 is 0. The van der Waals surface area contributed by atoms with Crippen LogP contribution in [0.2, 0.25) is 0 Å². The Bertz CT molecular complexity index is 888. The van der Waals surface area contributed by atoms with Gasteiger partial charge in [-0.1, -0.05) is 12.1 Å². The van der Waals surface area contributed by atoms with E-state index in [2.05, 4.69) is 15.5 Å². The molecular formula is C15H11F3N4O2. The number of halogens is 3. The van der Waals surface area contributed by atoms with Gasteiger partial charge in [0.1, 0.15) is 0 Å². The summed E-state index contributed by atoms with van der Waals surface area (Å²) in [5.74, 6) is 0. The van der Waals surface area contributed by atoms with Crippen molar-refractivity contribution >= 4 is 22.3 Å². The number of benzene rings is 2. The Kier molecular flexibility index (Phi) is 3.84. The molecule has 0 aliphatic carbocycles. The van der Waals surface area contributed by atoms with Crippen LogP contribution in [0.3, 0.4) is 0 Å². The van der Waals surface area contributed by atoms with Crippen molar-refractivity contribution in [3.63, 3.8) is 0 Å². The summed E-state index contributed by atoms with van der Waals surface area (Å²) in [6, 6.07) is 7.80. The van der Waals surface area contributed by atoms with Crippen molar-refractivity contribution in [2.24, 2.45) is 0 Å². The minimum absolute atomic E-state index is 0.0463. The van der Waals surface area contributed by atoms with Crippen LogP contribution < -0.4 is 5.32 Å². The highest BCUT2D eigenvalue weighted by atomic mass is 19.4. The summed E-state index contributed by atoms with van der Waals surface area (Å²) in [5.41, 5.74) is 0.429. The molecule has 3 aromatic rings. The van der Waals surface area contributed by atoms with Gasteiger partial charge in [-0.25, -0.2) is 0 Å². The van der Waals surface area contributed by atoms with Crippen LogP contribution in [-0.4, -0.2) is 15.1 Å². The molecule has 0 bridgehead atoms. The lowest BCUT2D eigenvalue weighted by molar-refractivity contribution is -0.384. The minimum Gasteiger partial charge on any atom is -0.380 e. The Balaban J connectivity index is 1.86. The normalized spacial score (nSPS) is 11.6. The Morgan fingerprint density at radius 1 is 1.21 bits per heavy atom. The fraction of sp³-hybridized carbons (Fsp3) is 0.133. The van der Waals surface area contributed by atoms with Gasteiger partial charge in [0.2, 0.25) is 0 Å². The van der Waals surface area contributed by atoms with Gasteiger partial charge in [-0.15, -0.1) is 0 Å². The second-order valence-corrected chi connectivity index (χ2v) is 5.13. The lowest BCUT2D eigenvalue weighted by atomic mass is 10.1.